The molecule has 1 fully saturated rings. The van der Waals surface area contributed by atoms with Gasteiger partial charge in [0.2, 0.25) is 5.91 Å². The van der Waals surface area contributed by atoms with E-state index in [0.717, 1.165) is 6.42 Å². The van der Waals surface area contributed by atoms with E-state index in [0.29, 0.717) is 19.4 Å². The van der Waals surface area contributed by atoms with Gasteiger partial charge in [-0.05, 0) is 19.3 Å². The van der Waals surface area contributed by atoms with Gasteiger partial charge in [-0.1, -0.05) is 0 Å². The molecule has 82 valence electrons. The molecule has 1 aliphatic heterocycles. The molecule has 1 rings (SSSR count). The van der Waals surface area contributed by atoms with Crippen LogP contribution in [0.4, 0.5) is 0 Å². The second kappa shape index (κ2) is 4.72. The number of carbonyl (C=O) groups is 1. The summed E-state index contributed by atoms with van der Waals surface area (Å²) in [5, 5.41) is 2.68. The highest BCUT2D eigenvalue weighted by Gasteiger charge is 2.23. The minimum atomic E-state index is -4.33. The highest BCUT2D eigenvalue weighted by molar-refractivity contribution is 7.80. The summed E-state index contributed by atoms with van der Waals surface area (Å²) >= 11 is 0. The van der Waals surface area contributed by atoms with E-state index in [1.807, 2.05) is 0 Å². The van der Waals surface area contributed by atoms with Crippen molar-refractivity contribution in [3.63, 3.8) is 0 Å². The first-order chi connectivity index (χ1) is 6.49. The van der Waals surface area contributed by atoms with Crippen molar-refractivity contribution in [3.8, 4) is 0 Å². The topological polar surface area (TPSA) is 92.7 Å². The van der Waals surface area contributed by atoms with Crippen LogP contribution in [0.5, 0.6) is 0 Å². The van der Waals surface area contributed by atoms with Crippen LogP contribution < -0.4 is 5.32 Å². The van der Waals surface area contributed by atoms with Gasteiger partial charge in [0.1, 0.15) is 0 Å². The average Bonchev–Trinajstić information content (AvgIpc) is 2.44. The largest absolute Gasteiger partial charge is 0.397 e. The van der Waals surface area contributed by atoms with Gasteiger partial charge < -0.3 is 5.32 Å². The summed E-state index contributed by atoms with van der Waals surface area (Å²) in [6, 6.07) is 0. The lowest BCUT2D eigenvalue weighted by Crippen LogP contribution is -2.19. The third-order valence-electron chi connectivity index (χ3n) is 2.09. The van der Waals surface area contributed by atoms with E-state index in [1.54, 1.807) is 0 Å². The SMILES string of the molecule is O=C1NCC[C@@H]1CCCOS(=O)(=O)O. The third-order valence-corrected chi connectivity index (χ3v) is 2.56. The van der Waals surface area contributed by atoms with E-state index < -0.39 is 10.4 Å². The normalized spacial score (nSPS) is 22.4. The lowest BCUT2D eigenvalue weighted by molar-refractivity contribution is -0.122. The first-order valence-corrected chi connectivity index (χ1v) is 5.75. The highest BCUT2D eigenvalue weighted by atomic mass is 32.3. The Bertz CT molecular complexity index is 299. The molecule has 14 heavy (non-hydrogen) atoms. The quantitative estimate of drug-likeness (QED) is 0.494. The molecule has 0 aromatic rings. The molecule has 1 amide bonds. The van der Waals surface area contributed by atoms with Crippen LogP contribution in [0.15, 0.2) is 0 Å². The van der Waals surface area contributed by atoms with Crippen molar-refractivity contribution >= 4 is 16.3 Å². The summed E-state index contributed by atoms with van der Waals surface area (Å²) in [7, 11) is -4.33. The standard InChI is InChI=1S/C7H13NO5S/c9-7-6(3-4-8-7)2-1-5-13-14(10,11)12/h6H,1-5H2,(H,8,9)(H,10,11,12)/t6-/m0/s1. The lowest BCUT2D eigenvalue weighted by Gasteiger charge is -2.05. The van der Waals surface area contributed by atoms with Gasteiger partial charge in [0.15, 0.2) is 0 Å². The molecule has 0 saturated carbocycles. The summed E-state index contributed by atoms with van der Waals surface area (Å²) in [5.74, 6) is -0.0307. The molecule has 6 nitrogen and oxygen atoms in total. The summed E-state index contributed by atoms with van der Waals surface area (Å²) in [6.45, 7) is 0.602. The van der Waals surface area contributed by atoms with Crippen LogP contribution in [0.25, 0.3) is 0 Å². The summed E-state index contributed by atoms with van der Waals surface area (Å²) in [4.78, 5) is 11.0. The van der Waals surface area contributed by atoms with E-state index in [9.17, 15) is 13.2 Å². The Labute approximate surface area is 82.6 Å². The van der Waals surface area contributed by atoms with Gasteiger partial charge in [0.05, 0.1) is 6.61 Å². The first kappa shape index (κ1) is 11.4. The van der Waals surface area contributed by atoms with E-state index in [2.05, 4.69) is 9.50 Å². The predicted molar refractivity (Wildman–Crippen MR) is 47.9 cm³/mol. The zero-order chi connectivity index (χ0) is 10.6. The van der Waals surface area contributed by atoms with Crippen molar-refractivity contribution in [2.45, 2.75) is 19.3 Å². The van der Waals surface area contributed by atoms with Gasteiger partial charge in [-0.3, -0.25) is 9.35 Å². The molecule has 0 bridgehead atoms. The molecule has 1 heterocycles. The minimum Gasteiger partial charge on any atom is -0.356 e. The lowest BCUT2D eigenvalue weighted by atomic mass is 10.0. The van der Waals surface area contributed by atoms with Gasteiger partial charge in [-0.15, -0.1) is 0 Å². The second-order valence-electron chi connectivity index (χ2n) is 3.17. The molecular formula is C7H13NO5S. The third kappa shape index (κ3) is 4.03. The van der Waals surface area contributed by atoms with Gasteiger partial charge in [0.25, 0.3) is 0 Å². The van der Waals surface area contributed by atoms with Crippen LogP contribution in [0.2, 0.25) is 0 Å². The Morgan fingerprint density at radius 2 is 2.29 bits per heavy atom. The molecule has 0 radical (unpaired) electrons. The Balaban J connectivity index is 2.13. The Kier molecular flexibility index (Phi) is 3.85. The van der Waals surface area contributed by atoms with Crippen molar-refractivity contribution in [3.05, 3.63) is 0 Å². The molecule has 0 aliphatic carbocycles. The highest BCUT2D eigenvalue weighted by Crippen LogP contribution is 2.15. The molecule has 2 N–H and O–H groups in total. The molecule has 1 aliphatic rings. The molecule has 0 aromatic carbocycles. The van der Waals surface area contributed by atoms with Gasteiger partial charge in [-0.2, -0.15) is 8.42 Å². The number of carbonyl (C=O) groups excluding carboxylic acids is 1. The van der Waals surface area contributed by atoms with Gasteiger partial charge in [-0.25, -0.2) is 4.18 Å². The van der Waals surface area contributed by atoms with E-state index in [4.69, 9.17) is 4.55 Å². The van der Waals surface area contributed by atoms with Gasteiger partial charge >= 0.3 is 10.4 Å². The first-order valence-electron chi connectivity index (χ1n) is 4.38. The summed E-state index contributed by atoms with van der Waals surface area (Å²) < 4.78 is 32.6. The monoisotopic (exact) mass is 223 g/mol. The molecule has 0 unspecified atom stereocenters. The predicted octanol–water partition coefficient (Wildman–Crippen LogP) is -0.278. The molecule has 1 saturated heterocycles. The maximum atomic E-state index is 11.0. The fourth-order valence-corrected chi connectivity index (χ4v) is 1.74. The molecule has 0 spiro atoms. The van der Waals surface area contributed by atoms with Crippen LogP contribution in [-0.2, 0) is 19.4 Å². The minimum absolute atomic E-state index is 0.0110. The van der Waals surface area contributed by atoms with Crippen molar-refractivity contribution in [1.29, 1.82) is 0 Å². The maximum Gasteiger partial charge on any atom is 0.397 e. The molecule has 0 aromatic heterocycles. The van der Waals surface area contributed by atoms with E-state index >= 15 is 0 Å². The maximum absolute atomic E-state index is 11.0. The average molecular weight is 223 g/mol. The van der Waals surface area contributed by atoms with Crippen LogP contribution in [0.1, 0.15) is 19.3 Å². The molecule has 1 atom stereocenters. The Morgan fingerprint density at radius 3 is 2.79 bits per heavy atom. The number of hydrogen-bond donors (Lipinski definition) is 2. The van der Waals surface area contributed by atoms with Crippen molar-refractivity contribution in [1.82, 2.24) is 5.32 Å². The van der Waals surface area contributed by atoms with E-state index in [-0.39, 0.29) is 18.4 Å². The smallest absolute Gasteiger partial charge is 0.356 e. The number of rotatable bonds is 5. The molecule has 7 heteroatoms. The van der Waals surface area contributed by atoms with Crippen LogP contribution in [0, 0.1) is 5.92 Å². The second-order valence-corrected chi connectivity index (χ2v) is 4.26. The number of nitrogens with one attached hydrogen (secondary N) is 1. The van der Waals surface area contributed by atoms with Crippen molar-refractivity contribution in [2.75, 3.05) is 13.2 Å². The van der Waals surface area contributed by atoms with Crippen molar-refractivity contribution < 1.29 is 21.9 Å². The number of amides is 1. The fraction of sp³-hybridized carbons (Fsp3) is 0.857. The zero-order valence-electron chi connectivity index (χ0n) is 7.60. The van der Waals surface area contributed by atoms with Crippen LogP contribution in [0.3, 0.4) is 0 Å². The summed E-state index contributed by atoms with van der Waals surface area (Å²) in [5.41, 5.74) is 0. The van der Waals surface area contributed by atoms with Crippen LogP contribution >= 0.6 is 0 Å². The van der Waals surface area contributed by atoms with Crippen LogP contribution in [-0.4, -0.2) is 32.0 Å². The van der Waals surface area contributed by atoms with E-state index in [1.165, 1.54) is 0 Å². The Morgan fingerprint density at radius 1 is 1.57 bits per heavy atom. The van der Waals surface area contributed by atoms with Crippen molar-refractivity contribution in [2.24, 2.45) is 5.92 Å². The Hall–Kier alpha value is -0.660. The number of hydrogen-bond acceptors (Lipinski definition) is 4. The molecular weight excluding hydrogens is 210 g/mol. The zero-order valence-corrected chi connectivity index (χ0v) is 8.42. The van der Waals surface area contributed by atoms with Gasteiger partial charge in [0, 0.05) is 12.5 Å². The summed E-state index contributed by atoms with van der Waals surface area (Å²) in [6.07, 6.45) is 1.81. The fourth-order valence-electron chi connectivity index (χ4n) is 1.41.